The molecule has 2 N–H and O–H groups in total. The number of imidazole rings is 1. The largest absolute Gasteiger partial charge is 0.324 e. The molecule has 78 valence electrons. The molecule has 3 nitrogen and oxygen atoms in total. The van der Waals surface area contributed by atoms with E-state index < -0.39 is 0 Å². The lowest BCUT2D eigenvalue weighted by Crippen LogP contribution is -2.10. The first kappa shape index (κ1) is 9.86. The van der Waals surface area contributed by atoms with Crippen molar-refractivity contribution in [3.8, 4) is 5.69 Å². The van der Waals surface area contributed by atoms with Crippen LogP contribution in [0.5, 0.6) is 0 Å². The van der Waals surface area contributed by atoms with Gasteiger partial charge in [-0.3, -0.25) is 0 Å². The van der Waals surface area contributed by atoms with Gasteiger partial charge in [-0.15, -0.1) is 0 Å². The van der Waals surface area contributed by atoms with Gasteiger partial charge in [-0.05, 0) is 18.6 Å². The Bertz CT molecular complexity index is 449. The molecule has 0 saturated heterocycles. The molecular weight excluding hydrogens is 193 g/mol. The molecule has 2 rings (SSSR count). The van der Waals surface area contributed by atoms with E-state index in [1.165, 1.54) is 6.07 Å². The highest BCUT2D eigenvalue weighted by molar-refractivity contribution is 5.43. The van der Waals surface area contributed by atoms with Gasteiger partial charge in [-0.1, -0.05) is 12.1 Å². The van der Waals surface area contributed by atoms with Gasteiger partial charge < -0.3 is 10.3 Å². The normalized spacial score (nSPS) is 12.7. The highest BCUT2D eigenvalue weighted by atomic mass is 19.1. The van der Waals surface area contributed by atoms with Gasteiger partial charge in [0.1, 0.15) is 5.82 Å². The fourth-order valence-corrected chi connectivity index (χ4v) is 1.56. The molecule has 0 aliphatic carbocycles. The molecule has 0 fully saturated rings. The Morgan fingerprint density at radius 3 is 2.87 bits per heavy atom. The number of nitrogens with two attached hydrogens (primary N) is 1. The monoisotopic (exact) mass is 205 g/mol. The van der Waals surface area contributed by atoms with E-state index in [2.05, 4.69) is 4.98 Å². The number of benzene rings is 1. The predicted octanol–water partition coefficient (Wildman–Crippen LogP) is 2.03. The topological polar surface area (TPSA) is 43.8 Å². The van der Waals surface area contributed by atoms with E-state index in [1.807, 2.05) is 13.0 Å². The van der Waals surface area contributed by atoms with Gasteiger partial charge in [0.15, 0.2) is 0 Å². The molecule has 2 aromatic rings. The zero-order chi connectivity index (χ0) is 10.8. The van der Waals surface area contributed by atoms with Crippen LogP contribution in [0.25, 0.3) is 5.69 Å². The number of rotatable bonds is 2. The van der Waals surface area contributed by atoms with E-state index in [9.17, 15) is 4.39 Å². The summed E-state index contributed by atoms with van der Waals surface area (Å²) in [6.07, 6.45) is 4.87. The molecule has 0 radical (unpaired) electrons. The Labute approximate surface area is 87.4 Å². The van der Waals surface area contributed by atoms with E-state index in [0.29, 0.717) is 5.69 Å². The summed E-state index contributed by atoms with van der Waals surface area (Å²) >= 11 is 0. The predicted molar refractivity (Wildman–Crippen MR) is 56.1 cm³/mol. The summed E-state index contributed by atoms with van der Waals surface area (Å²) in [7, 11) is 0. The fourth-order valence-electron chi connectivity index (χ4n) is 1.56. The second kappa shape index (κ2) is 3.82. The maximum Gasteiger partial charge on any atom is 0.147 e. The summed E-state index contributed by atoms with van der Waals surface area (Å²) in [6, 6.07) is 4.69. The minimum atomic E-state index is -0.289. The average molecular weight is 205 g/mol. The van der Waals surface area contributed by atoms with Crippen molar-refractivity contribution in [2.45, 2.75) is 13.0 Å². The number of aromatic nitrogens is 2. The first-order chi connectivity index (χ1) is 7.20. The Morgan fingerprint density at radius 1 is 1.47 bits per heavy atom. The SMILES string of the molecule is CC(N)c1cccc(F)c1-n1ccnc1. The maximum atomic E-state index is 13.7. The summed E-state index contributed by atoms with van der Waals surface area (Å²) in [4.78, 5) is 3.90. The molecule has 0 amide bonds. The molecule has 15 heavy (non-hydrogen) atoms. The quantitative estimate of drug-likeness (QED) is 0.815. The molecule has 1 unspecified atom stereocenters. The Morgan fingerprint density at radius 2 is 2.27 bits per heavy atom. The minimum absolute atomic E-state index is 0.210. The molecule has 0 saturated carbocycles. The van der Waals surface area contributed by atoms with Crippen molar-refractivity contribution in [3.05, 3.63) is 48.3 Å². The number of halogens is 1. The number of hydrogen-bond acceptors (Lipinski definition) is 2. The average Bonchev–Trinajstić information content (AvgIpc) is 2.70. The highest BCUT2D eigenvalue weighted by Gasteiger charge is 2.12. The zero-order valence-corrected chi connectivity index (χ0v) is 8.39. The molecule has 1 atom stereocenters. The molecule has 0 spiro atoms. The molecule has 0 aliphatic rings. The second-order valence-electron chi connectivity index (χ2n) is 3.44. The van der Waals surface area contributed by atoms with E-state index in [1.54, 1.807) is 29.4 Å². The van der Waals surface area contributed by atoms with Gasteiger partial charge in [-0.2, -0.15) is 0 Å². The van der Waals surface area contributed by atoms with Crippen molar-refractivity contribution >= 4 is 0 Å². The summed E-state index contributed by atoms with van der Waals surface area (Å²) < 4.78 is 15.3. The smallest absolute Gasteiger partial charge is 0.147 e. The molecule has 1 heterocycles. The maximum absolute atomic E-state index is 13.7. The van der Waals surface area contributed by atoms with Crippen LogP contribution in [0.4, 0.5) is 4.39 Å². The van der Waals surface area contributed by atoms with Crippen molar-refractivity contribution < 1.29 is 4.39 Å². The van der Waals surface area contributed by atoms with Gasteiger partial charge in [0.25, 0.3) is 0 Å². The lowest BCUT2D eigenvalue weighted by molar-refractivity contribution is 0.611. The molecule has 0 bridgehead atoms. The number of nitrogens with zero attached hydrogens (tertiary/aromatic N) is 2. The summed E-state index contributed by atoms with van der Waals surface area (Å²) in [5.41, 5.74) is 7.04. The fraction of sp³-hybridized carbons (Fsp3) is 0.182. The van der Waals surface area contributed by atoms with E-state index >= 15 is 0 Å². The molecular formula is C11H12FN3. The second-order valence-corrected chi connectivity index (χ2v) is 3.44. The van der Waals surface area contributed by atoms with Crippen LogP contribution in [-0.4, -0.2) is 9.55 Å². The molecule has 0 aliphatic heterocycles. The van der Waals surface area contributed by atoms with E-state index in [-0.39, 0.29) is 11.9 Å². The standard InChI is InChI=1S/C11H12FN3/c1-8(13)9-3-2-4-10(12)11(9)15-6-5-14-7-15/h2-8H,13H2,1H3. The third-order valence-electron chi connectivity index (χ3n) is 2.27. The van der Waals surface area contributed by atoms with Crippen molar-refractivity contribution in [1.82, 2.24) is 9.55 Å². The third-order valence-corrected chi connectivity index (χ3v) is 2.27. The first-order valence-corrected chi connectivity index (χ1v) is 4.72. The molecule has 1 aromatic heterocycles. The van der Waals surface area contributed by atoms with Crippen molar-refractivity contribution in [2.75, 3.05) is 0 Å². The summed E-state index contributed by atoms with van der Waals surface area (Å²) in [5, 5.41) is 0. The lowest BCUT2D eigenvalue weighted by atomic mass is 10.1. The summed E-state index contributed by atoms with van der Waals surface area (Å²) in [6.45, 7) is 1.83. The number of hydrogen-bond donors (Lipinski definition) is 1. The van der Waals surface area contributed by atoms with Crippen LogP contribution in [-0.2, 0) is 0 Å². The van der Waals surface area contributed by atoms with Gasteiger partial charge in [0.2, 0.25) is 0 Å². The van der Waals surface area contributed by atoms with Crippen molar-refractivity contribution in [2.24, 2.45) is 5.73 Å². The van der Waals surface area contributed by atoms with Crippen LogP contribution in [0.1, 0.15) is 18.5 Å². The van der Waals surface area contributed by atoms with Crippen LogP contribution in [0, 0.1) is 5.82 Å². The third kappa shape index (κ3) is 1.76. The molecule has 4 heteroatoms. The zero-order valence-electron chi connectivity index (χ0n) is 8.39. The van der Waals surface area contributed by atoms with Crippen molar-refractivity contribution in [3.63, 3.8) is 0 Å². The van der Waals surface area contributed by atoms with Gasteiger partial charge in [0.05, 0.1) is 12.0 Å². The van der Waals surface area contributed by atoms with Crippen LogP contribution >= 0.6 is 0 Å². The summed E-state index contributed by atoms with van der Waals surface area (Å²) in [5.74, 6) is -0.289. The highest BCUT2D eigenvalue weighted by Crippen LogP contribution is 2.22. The Hall–Kier alpha value is -1.68. The molecule has 1 aromatic carbocycles. The number of para-hydroxylation sites is 1. The van der Waals surface area contributed by atoms with Crippen LogP contribution in [0.2, 0.25) is 0 Å². The van der Waals surface area contributed by atoms with E-state index in [0.717, 1.165) is 5.56 Å². The van der Waals surface area contributed by atoms with Gasteiger partial charge in [0, 0.05) is 18.4 Å². The van der Waals surface area contributed by atoms with Crippen LogP contribution in [0.15, 0.2) is 36.9 Å². The Balaban J connectivity index is 2.63. The van der Waals surface area contributed by atoms with Gasteiger partial charge in [-0.25, -0.2) is 9.37 Å². The van der Waals surface area contributed by atoms with Crippen LogP contribution in [0.3, 0.4) is 0 Å². The van der Waals surface area contributed by atoms with E-state index in [4.69, 9.17) is 5.73 Å². The van der Waals surface area contributed by atoms with Crippen LogP contribution < -0.4 is 5.73 Å². The minimum Gasteiger partial charge on any atom is -0.324 e. The van der Waals surface area contributed by atoms with Gasteiger partial charge >= 0.3 is 0 Å². The Kier molecular flexibility index (Phi) is 2.51. The van der Waals surface area contributed by atoms with Crippen molar-refractivity contribution in [1.29, 1.82) is 0 Å². The first-order valence-electron chi connectivity index (χ1n) is 4.72. The lowest BCUT2D eigenvalue weighted by Gasteiger charge is -2.13.